The molecule has 2 aliphatic rings. The van der Waals surface area contributed by atoms with Gasteiger partial charge in [0.25, 0.3) is 5.56 Å². The van der Waals surface area contributed by atoms with Gasteiger partial charge in [-0.25, -0.2) is 18.2 Å². The van der Waals surface area contributed by atoms with Crippen LogP contribution in [0.4, 0.5) is 0 Å². The second-order valence-electron chi connectivity index (χ2n) is 6.58. The minimum Gasteiger partial charge on any atom is -0.353 e. The highest BCUT2D eigenvalue weighted by atomic mass is 32.2. The third-order valence-electron chi connectivity index (χ3n) is 5.10. The molecule has 0 radical (unpaired) electrons. The molecular formula is C15H17N5O5S. The molecule has 138 valence electrons. The fraction of sp³-hybridized carbons (Fsp3) is 0.467. The van der Waals surface area contributed by atoms with Crippen molar-refractivity contribution in [2.45, 2.75) is 29.8 Å². The number of nitrogens with one attached hydrogen (secondary N) is 1. The Morgan fingerprint density at radius 1 is 1.15 bits per heavy atom. The Morgan fingerprint density at radius 2 is 1.88 bits per heavy atom. The molecule has 0 aliphatic carbocycles. The van der Waals surface area contributed by atoms with Crippen LogP contribution in [0.2, 0.25) is 0 Å². The third-order valence-corrected chi connectivity index (χ3v) is 7.03. The molecule has 2 aromatic rings. The van der Waals surface area contributed by atoms with Gasteiger partial charge >= 0.3 is 5.69 Å². The van der Waals surface area contributed by atoms with Gasteiger partial charge < -0.3 is 5.32 Å². The van der Waals surface area contributed by atoms with Gasteiger partial charge in [0.1, 0.15) is 16.6 Å². The van der Waals surface area contributed by atoms with E-state index in [0.717, 1.165) is 10.8 Å². The predicted octanol–water partition coefficient (Wildman–Crippen LogP) is -1.72. The first kappa shape index (κ1) is 16.9. The molecule has 0 saturated carbocycles. The molecule has 2 aliphatic heterocycles. The van der Waals surface area contributed by atoms with Crippen molar-refractivity contribution < 1.29 is 13.2 Å². The highest BCUT2D eigenvalue weighted by Crippen LogP contribution is 2.33. The van der Waals surface area contributed by atoms with Crippen molar-refractivity contribution in [3.05, 3.63) is 33.1 Å². The maximum atomic E-state index is 13.1. The van der Waals surface area contributed by atoms with Crippen molar-refractivity contribution in [2.75, 3.05) is 6.54 Å². The summed E-state index contributed by atoms with van der Waals surface area (Å²) < 4.78 is 29.5. The number of hydrogen-bond acceptors (Lipinski definition) is 6. The molecule has 1 N–H and O–H groups in total. The highest BCUT2D eigenvalue weighted by Gasteiger charge is 2.48. The zero-order valence-corrected chi connectivity index (χ0v) is 15.0. The number of piperazine rings is 1. The average molecular weight is 379 g/mol. The largest absolute Gasteiger partial charge is 0.353 e. The Bertz CT molecular complexity index is 1170. The maximum absolute atomic E-state index is 13.1. The number of carbonyl (C=O) groups is 1. The zero-order valence-electron chi connectivity index (χ0n) is 14.2. The Balaban J connectivity index is 1.91. The van der Waals surface area contributed by atoms with Crippen LogP contribution < -0.4 is 16.6 Å². The SMILES string of the molecule is Cn1c(=O)c2cc(S(=O)(=O)N3C4CCC3C(=O)NC4)cnc2n(C)c1=O. The summed E-state index contributed by atoms with van der Waals surface area (Å²) >= 11 is 0. The molecule has 2 atom stereocenters. The Morgan fingerprint density at radius 3 is 2.62 bits per heavy atom. The number of hydrogen-bond donors (Lipinski definition) is 1. The van der Waals surface area contributed by atoms with Crippen LogP contribution in [-0.2, 0) is 28.9 Å². The van der Waals surface area contributed by atoms with Crippen molar-refractivity contribution in [1.29, 1.82) is 0 Å². The molecule has 4 rings (SSSR count). The van der Waals surface area contributed by atoms with Gasteiger partial charge in [-0.3, -0.25) is 18.7 Å². The first-order valence-electron chi connectivity index (χ1n) is 8.10. The quantitative estimate of drug-likeness (QED) is 0.662. The van der Waals surface area contributed by atoms with Gasteiger partial charge in [-0.2, -0.15) is 4.31 Å². The molecule has 11 heteroatoms. The van der Waals surface area contributed by atoms with E-state index in [1.807, 2.05) is 0 Å². The molecule has 0 spiro atoms. The molecule has 10 nitrogen and oxygen atoms in total. The van der Waals surface area contributed by atoms with Gasteiger partial charge in [-0.15, -0.1) is 0 Å². The van der Waals surface area contributed by atoms with E-state index in [1.165, 1.54) is 29.0 Å². The van der Waals surface area contributed by atoms with Gasteiger partial charge in [0.05, 0.1) is 5.39 Å². The molecule has 0 aromatic carbocycles. The summed E-state index contributed by atoms with van der Waals surface area (Å²) in [5.74, 6) is -0.311. The lowest BCUT2D eigenvalue weighted by molar-refractivity contribution is -0.126. The predicted molar refractivity (Wildman–Crippen MR) is 91.1 cm³/mol. The smallest absolute Gasteiger partial charge is 0.332 e. The second kappa shape index (κ2) is 5.48. The van der Waals surface area contributed by atoms with E-state index in [4.69, 9.17) is 0 Å². The van der Waals surface area contributed by atoms with Crippen LogP contribution >= 0.6 is 0 Å². The van der Waals surface area contributed by atoms with Gasteiger partial charge in [0.2, 0.25) is 15.9 Å². The van der Waals surface area contributed by atoms with Crippen LogP contribution in [0.15, 0.2) is 26.7 Å². The third kappa shape index (κ3) is 2.16. The van der Waals surface area contributed by atoms with Crippen LogP contribution in [-0.4, -0.2) is 51.4 Å². The number of amides is 1. The lowest BCUT2D eigenvalue weighted by Gasteiger charge is -2.33. The zero-order chi connectivity index (χ0) is 18.8. The average Bonchev–Trinajstić information content (AvgIpc) is 2.98. The van der Waals surface area contributed by atoms with Gasteiger partial charge in [0.15, 0.2) is 0 Å². The summed E-state index contributed by atoms with van der Waals surface area (Å²) in [7, 11) is -1.22. The van der Waals surface area contributed by atoms with Crippen molar-refractivity contribution in [1.82, 2.24) is 23.7 Å². The molecule has 2 unspecified atom stereocenters. The van der Waals surface area contributed by atoms with E-state index >= 15 is 0 Å². The Labute approximate surface area is 148 Å². The number of pyridine rings is 1. The Kier molecular flexibility index (Phi) is 3.57. The van der Waals surface area contributed by atoms with Gasteiger partial charge in [-0.05, 0) is 18.9 Å². The fourth-order valence-corrected chi connectivity index (χ4v) is 5.51. The summed E-state index contributed by atoms with van der Waals surface area (Å²) in [5, 5.41) is 2.74. The standard InChI is InChI=1S/C15H17N5O5S/c1-18-12-10(14(22)19(2)15(18)23)5-9(7-16-12)26(24,25)20-8-3-4-11(20)13(21)17-6-8/h5,7-8,11H,3-4,6H2,1-2H3,(H,17,21). The summed E-state index contributed by atoms with van der Waals surface area (Å²) in [5.41, 5.74) is -1.06. The van der Waals surface area contributed by atoms with E-state index in [1.54, 1.807) is 0 Å². The van der Waals surface area contributed by atoms with E-state index in [9.17, 15) is 22.8 Å². The van der Waals surface area contributed by atoms with Crippen molar-refractivity contribution in [3.8, 4) is 0 Å². The molecule has 4 heterocycles. The molecular weight excluding hydrogens is 362 g/mol. The van der Waals surface area contributed by atoms with Crippen LogP contribution in [0.3, 0.4) is 0 Å². The Hall–Kier alpha value is -2.53. The molecule has 2 saturated heterocycles. The van der Waals surface area contributed by atoms with E-state index in [0.29, 0.717) is 12.8 Å². The summed E-state index contributed by atoms with van der Waals surface area (Å²) in [6, 6.07) is 0.185. The van der Waals surface area contributed by atoms with E-state index in [2.05, 4.69) is 10.3 Å². The fourth-order valence-electron chi connectivity index (χ4n) is 3.71. The summed E-state index contributed by atoms with van der Waals surface area (Å²) in [6.07, 6.45) is 2.19. The topological polar surface area (TPSA) is 123 Å². The number of rotatable bonds is 2. The second-order valence-corrected chi connectivity index (χ2v) is 8.42. The van der Waals surface area contributed by atoms with Crippen molar-refractivity contribution in [2.24, 2.45) is 14.1 Å². The lowest BCUT2D eigenvalue weighted by atomic mass is 10.2. The minimum atomic E-state index is -4.00. The van der Waals surface area contributed by atoms with Crippen LogP contribution in [0.5, 0.6) is 0 Å². The molecule has 2 aromatic heterocycles. The molecule has 1 amide bonds. The number of nitrogens with zero attached hydrogens (tertiary/aromatic N) is 4. The van der Waals surface area contributed by atoms with Crippen molar-refractivity contribution in [3.63, 3.8) is 0 Å². The van der Waals surface area contributed by atoms with Crippen molar-refractivity contribution >= 4 is 27.0 Å². The highest BCUT2D eigenvalue weighted by molar-refractivity contribution is 7.89. The number of sulfonamides is 1. The summed E-state index contributed by atoms with van der Waals surface area (Å²) in [4.78, 5) is 40.3. The first-order chi connectivity index (χ1) is 12.2. The molecule has 26 heavy (non-hydrogen) atoms. The van der Waals surface area contributed by atoms with E-state index < -0.39 is 27.3 Å². The maximum Gasteiger partial charge on any atom is 0.332 e. The number of fused-ring (bicyclic) bond motifs is 3. The lowest BCUT2D eigenvalue weighted by Crippen LogP contribution is -2.57. The monoisotopic (exact) mass is 379 g/mol. The first-order valence-corrected chi connectivity index (χ1v) is 9.54. The minimum absolute atomic E-state index is 0.0319. The summed E-state index contributed by atoms with van der Waals surface area (Å²) in [6.45, 7) is 0.270. The normalized spacial score (nSPS) is 23.4. The number of carbonyl (C=O) groups excluding carboxylic acids is 1. The van der Waals surface area contributed by atoms with E-state index in [-0.39, 0.29) is 34.4 Å². The molecule has 2 fully saturated rings. The van der Waals surface area contributed by atoms with Crippen LogP contribution in [0.25, 0.3) is 11.0 Å². The van der Waals surface area contributed by atoms with Crippen LogP contribution in [0, 0.1) is 0 Å². The van der Waals surface area contributed by atoms with Gasteiger partial charge in [0, 0.05) is 32.9 Å². The number of aromatic nitrogens is 3. The van der Waals surface area contributed by atoms with Gasteiger partial charge in [-0.1, -0.05) is 0 Å². The molecule has 2 bridgehead atoms. The number of aryl methyl sites for hydroxylation is 1. The van der Waals surface area contributed by atoms with Crippen LogP contribution in [0.1, 0.15) is 12.8 Å².